The van der Waals surface area contributed by atoms with Crippen molar-refractivity contribution in [2.75, 3.05) is 0 Å². The maximum atomic E-state index is 12.4. The van der Waals surface area contributed by atoms with E-state index in [0.29, 0.717) is 17.8 Å². The summed E-state index contributed by atoms with van der Waals surface area (Å²) in [6.45, 7) is 1.84. The summed E-state index contributed by atoms with van der Waals surface area (Å²) in [5.74, 6) is -0.610. The third-order valence-corrected chi connectivity index (χ3v) is 3.25. The highest BCUT2D eigenvalue weighted by Gasteiger charge is 2.20. The van der Waals surface area contributed by atoms with Crippen molar-refractivity contribution < 1.29 is 14.7 Å². The first kappa shape index (κ1) is 14.8. The van der Waals surface area contributed by atoms with Gasteiger partial charge < -0.3 is 15.0 Å². The highest BCUT2D eigenvalue weighted by Crippen LogP contribution is 2.14. The Morgan fingerprint density at radius 3 is 2.62 bits per heavy atom. The van der Waals surface area contributed by atoms with E-state index in [0.717, 1.165) is 0 Å². The Kier molecular flexibility index (Phi) is 4.42. The highest BCUT2D eigenvalue weighted by atomic mass is 16.4. The number of aromatic nitrogens is 3. The zero-order valence-corrected chi connectivity index (χ0v) is 12.0. The van der Waals surface area contributed by atoms with Crippen molar-refractivity contribution in [3.63, 3.8) is 0 Å². The van der Waals surface area contributed by atoms with Crippen LogP contribution in [0.1, 0.15) is 30.1 Å². The molecule has 0 aliphatic heterocycles. The van der Waals surface area contributed by atoms with Gasteiger partial charge in [0, 0.05) is 25.5 Å². The minimum atomic E-state index is -0.932. The van der Waals surface area contributed by atoms with Crippen molar-refractivity contribution in [3.8, 4) is 5.82 Å². The summed E-state index contributed by atoms with van der Waals surface area (Å²) in [5, 5.41) is 15.7. The normalized spacial score (nSPS) is 12.1. The smallest absolute Gasteiger partial charge is 0.305 e. The Morgan fingerprint density at radius 1 is 1.38 bits per heavy atom. The SMILES string of the molecule is CCC(CC(=O)O)NC(=O)c1cnn(C)c1-n1cccc1. The molecule has 1 atom stereocenters. The lowest BCUT2D eigenvalue weighted by atomic mass is 10.1. The number of aryl methyl sites for hydroxylation is 1. The molecule has 0 radical (unpaired) electrons. The number of rotatable bonds is 6. The Bertz CT molecular complexity index is 631. The van der Waals surface area contributed by atoms with E-state index in [9.17, 15) is 9.59 Å². The van der Waals surface area contributed by atoms with Crippen molar-refractivity contribution in [2.45, 2.75) is 25.8 Å². The first-order chi connectivity index (χ1) is 10.0. The van der Waals surface area contributed by atoms with E-state index >= 15 is 0 Å². The fraction of sp³-hybridized carbons (Fsp3) is 0.357. The Hall–Kier alpha value is -2.57. The van der Waals surface area contributed by atoms with Crippen LogP contribution in [-0.4, -0.2) is 37.4 Å². The Morgan fingerprint density at radius 2 is 2.05 bits per heavy atom. The number of amides is 1. The molecule has 2 aromatic heterocycles. The van der Waals surface area contributed by atoms with Gasteiger partial charge in [-0.3, -0.25) is 14.3 Å². The summed E-state index contributed by atoms with van der Waals surface area (Å²) >= 11 is 0. The third kappa shape index (κ3) is 3.31. The topological polar surface area (TPSA) is 89.2 Å². The van der Waals surface area contributed by atoms with Crippen LogP contribution in [0.25, 0.3) is 5.82 Å². The molecule has 0 fully saturated rings. The summed E-state index contributed by atoms with van der Waals surface area (Å²) < 4.78 is 3.40. The number of carbonyl (C=O) groups is 2. The number of carboxylic acids is 1. The Labute approximate surface area is 122 Å². The second-order valence-electron chi connectivity index (χ2n) is 4.77. The van der Waals surface area contributed by atoms with Crippen molar-refractivity contribution >= 4 is 11.9 Å². The molecule has 112 valence electrons. The number of carboxylic acid groups (broad SMARTS) is 1. The molecule has 2 aromatic rings. The second-order valence-corrected chi connectivity index (χ2v) is 4.77. The maximum absolute atomic E-state index is 12.4. The molecule has 7 heteroatoms. The lowest BCUT2D eigenvalue weighted by Gasteiger charge is -2.15. The summed E-state index contributed by atoms with van der Waals surface area (Å²) in [4.78, 5) is 23.1. The summed E-state index contributed by atoms with van der Waals surface area (Å²) in [6, 6.07) is 3.31. The quantitative estimate of drug-likeness (QED) is 0.836. The minimum Gasteiger partial charge on any atom is -0.481 e. The van der Waals surface area contributed by atoms with E-state index in [2.05, 4.69) is 10.4 Å². The second kappa shape index (κ2) is 6.25. The van der Waals surface area contributed by atoms with Gasteiger partial charge in [0.1, 0.15) is 11.4 Å². The minimum absolute atomic E-state index is 0.0959. The summed E-state index contributed by atoms with van der Waals surface area (Å²) in [7, 11) is 1.75. The van der Waals surface area contributed by atoms with Gasteiger partial charge in [0.2, 0.25) is 0 Å². The van der Waals surface area contributed by atoms with Crippen molar-refractivity contribution in [3.05, 3.63) is 36.3 Å². The van der Waals surface area contributed by atoms with Crippen molar-refractivity contribution in [1.29, 1.82) is 0 Å². The van der Waals surface area contributed by atoms with E-state index in [-0.39, 0.29) is 12.3 Å². The molecule has 0 aliphatic rings. The van der Waals surface area contributed by atoms with Crippen LogP contribution in [0.2, 0.25) is 0 Å². The predicted octanol–water partition coefficient (Wildman–Crippen LogP) is 1.19. The molecule has 7 nitrogen and oxygen atoms in total. The number of nitrogens with zero attached hydrogens (tertiary/aromatic N) is 3. The van der Waals surface area contributed by atoms with Gasteiger partial charge >= 0.3 is 5.97 Å². The molecule has 2 rings (SSSR count). The number of aliphatic carboxylic acids is 1. The Balaban J connectivity index is 2.22. The van der Waals surface area contributed by atoms with Gasteiger partial charge in [-0.05, 0) is 18.6 Å². The first-order valence-corrected chi connectivity index (χ1v) is 6.71. The lowest BCUT2D eigenvalue weighted by molar-refractivity contribution is -0.137. The van der Waals surface area contributed by atoms with Gasteiger partial charge in [-0.25, -0.2) is 0 Å². The molecule has 0 saturated carbocycles. The molecule has 0 spiro atoms. The molecule has 0 saturated heterocycles. The van der Waals surface area contributed by atoms with Gasteiger partial charge in [-0.2, -0.15) is 5.10 Å². The molecule has 0 aromatic carbocycles. The van der Waals surface area contributed by atoms with Crippen LogP contribution in [0.3, 0.4) is 0 Å². The molecule has 0 bridgehead atoms. The largest absolute Gasteiger partial charge is 0.481 e. The zero-order valence-electron chi connectivity index (χ0n) is 12.0. The highest BCUT2D eigenvalue weighted by molar-refractivity contribution is 5.97. The zero-order chi connectivity index (χ0) is 15.4. The van der Waals surface area contributed by atoms with Crippen LogP contribution in [0.5, 0.6) is 0 Å². The molecule has 2 N–H and O–H groups in total. The van der Waals surface area contributed by atoms with Gasteiger partial charge in [-0.1, -0.05) is 6.92 Å². The number of nitrogens with one attached hydrogen (secondary N) is 1. The number of hydrogen-bond acceptors (Lipinski definition) is 3. The number of hydrogen-bond donors (Lipinski definition) is 2. The molecule has 2 heterocycles. The van der Waals surface area contributed by atoms with E-state index in [4.69, 9.17) is 5.11 Å². The van der Waals surface area contributed by atoms with Crippen LogP contribution >= 0.6 is 0 Å². The molecule has 21 heavy (non-hydrogen) atoms. The number of carbonyl (C=O) groups excluding carboxylic acids is 1. The summed E-state index contributed by atoms with van der Waals surface area (Å²) in [6.07, 6.45) is 5.58. The van der Waals surface area contributed by atoms with E-state index in [1.165, 1.54) is 6.20 Å². The average molecular weight is 290 g/mol. The molecule has 1 unspecified atom stereocenters. The molecule has 1 amide bonds. The molecular formula is C14H18N4O3. The fourth-order valence-corrected chi connectivity index (χ4v) is 2.14. The molecular weight excluding hydrogens is 272 g/mol. The van der Waals surface area contributed by atoms with Gasteiger partial charge in [0.05, 0.1) is 12.6 Å². The van der Waals surface area contributed by atoms with Crippen LogP contribution in [0.4, 0.5) is 0 Å². The standard InChI is InChI=1S/C14H18N4O3/c1-3-10(8-12(19)20)16-13(21)11-9-15-17(2)14(11)18-6-4-5-7-18/h4-7,9-10H,3,8H2,1-2H3,(H,16,21)(H,19,20). The molecule has 0 aliphatic carbocycles. The van der Waals surface area contributed by atoms with Crippen molar-refractivity contribution in [2.24, 2.45) is 7.05 Å². The average Bonchev–Trinajstić information content (AvgIpc) is 3.05. The van der Waals surface area contributed by atoms with Gasteiger partial charge in [-0.15, -0.1) is 0 Å². The van der Waals surface area contributed by atoms with Crippen LogP contribution in [0, 0.1) is 0 Å². The van der Waals surface area contributed by atoms with Crippen LogP contribution in [-0.2, 0) is 11.8 Å². The van der Waals surface area contributed by atoms with Gasteiger partial charge in [0.15, 0.2) is 0 Å². The third-order valence-electron chi connectivity index (χ3n) is 3.25. The maximum Gasteiger partial charge on any atom is 0.305 e. The summed E-state index contributed by atoms with van der Waals surface area (Å²) in [5.41, 5.74) is 0.414. The first-order valence-electron chi connectivity index (χ1n) is 6.71. The van der Waals surface area contributed by atoms with Crippen LogP contribution < -0.4 is 5.32 Å². The van der Waals surface area contributed by atoms with Crippen molar-refractivity contribution in [1.82, 2.24) is 19.7 Å². The van der Waals surface area contributed by atoms with E-state index in [1.54, 1.807) is 16.3 Å². The predicted molar refractivity (Wildman–Crippen MR) is 76.3 cm³/mol. The van der Waals surface area contributed by atoms with Crippen LogP contribution in [0.15, 0.2) is 30.7 Å². The fourth-order valence-electron chi connectivity index (χ4n) is 2.14. The van der Waals surface area contributed by atoms with Gasteiger partial charge in [0.25, 0.3) is 5.91 Å². The van der Waals surface area contributed by atoms with E-state index in [1.807, 2.05) is 31.5 Å². The lowest BCUT2D eigenvalue weighted by Crippen LogP contribution is -2.36. The monoisotopic (exact) mass is 290 g/mol. The van der Waals surface area contributed by atoms with E-state index < -0.39 is 12.0 Å².